The van der Waals surface area contributed by atoms with Crippen LogP contribution in [0.15, 0.2) is 24.3 Å². The van der Waals surface area contributed by atoms with Crippen molar-refractivity contribution in [3.05, 3.63) is 35.4 Å². The van der Waals surface area contributed by atoms with Gasteiger partial charge < -0.3 is 4.74 Å². The van der Waals surface area contributed by atoms with E-state index in [4.69, 9.17) is 4.74 Å². The van der Waals surface area contributed by atoms with Crippen LogP contribution >= 0.6 is 0 Å². The lowest BCUT2D eigenvalue weighted by Crippen LogP contribution is -2.70. The first kappa shape index (κ1) is 30.3. The van der Waals surface area contributed by atoms with Crippen LogP contribution < -0.4 is 0 Å². The Morgan fingerprint density at radius 2 is 1.21 bits per heavy atom. The molecule has 1 aromatic carbocycles. The molecule has 34 heavy (non-hydrogen) atoms. The lowest BCUT2D eigenvalue weighted by molar-refractivity contribution is -0.441. The van der Waals surface area contributed by atoms with Crippen molar-refractivity contribution in [3.8, 4) is 0 Å². The van der Waals surface area contributed by atoms with Gasteiger partial charge in [-0.2, -0.15) is 57.1 Å². The first-order chi connectivity index (χ1) is 14.9. The SMILES string of the molecule is COC(C)(CC(F)(F)C(F)(F)C(F)(F)C(F)(F)C(F)(F)C(F)(F)F)c1cccc(CC(C)C)c1. The Labute approximate surface area is 186 Å². The van der Waals surface area contributed by atoms with Gasteiger partial charge in [-0.05, 0) is 30.4 Å². The fraction of sp³-hybridized carbons (Fsp3) is 0.700. The van der Waals surface area contributed by atoms with Crippen LogP contribution in [0.1, 0.15) is 38.3 Å². The zero-order valence-corrected chi connectivity index (χ0v) is 18.1. The predicted octanol–water partition coefficient (Wildman–Crippen LogP) is 7.88. The van der Waals surface area contributed by atoms with Gasteiger partial charge in [0.15, 0.2) is 0 Å². The standard InChI is InChI=1S/C20H21F13O/c1-11(2)8-12-6-5-7-13(9-12)14(3,34-4)10-15(21,22)16(23,24)17(25,26)18(27,28)19(29,30)20(31,32)33/h5-7,9,11H,8,10H2,1-4H3. The molecular weight excluding hydrogens is 503 g/mol. The van der Waals surface area contributed by atoms with Crippen molar-refractivity contribution in [2.75, 3.05) is 7.11 Å². The molecule has 0 amide bonds. The molecule has 0 fully saturated rings. The summed E-state index contributed by atoms with van der Waals surface area (Å²) < 4.78 is 179. The second-order valence-electron chi connectivity index (χ2n) is 8.41. The summed E-state index contributed by atoms with van der Waals surface area (Å²) in [7, 11) is 0.702. The summed E-state index contributed by atoms with van der Waals surface area (Å²) in [5.74, 6) is -37.1. The zero-order chi connectivity index (χ0) is 27.2. The van der Waals surface area contributed by atoms with Crippen LogP contribution in [0.3, 0.4) is 0 Å². The molecule has 0 aliphatic rings. The number of alkyl halides is 13. The van der Waals surface area contributed by atoms with Crippen molar-refractivity contribution in [3.63, 3.8) is 0 Å². The molecule has 1 rings (SSSR count). The van der Waals surface area contributed by atoms with E-state index in [1.807, 2.05) is 0 Å². The number of hydrogen-bond donors (Lipinski definition) is 0. The minimum Gasteiger partial charge on any atom is -0.374 e. The molecule has 1 aromatic rings. The fourth-order valence-electron chi connectivity index (χ4n) is 3.13. The van der Waals surface area contributed by atoms with Gasteiger partial charge in [0.2, 0.25) is 0 Å². The lowest BCUT2D eigenvalue weighted by atomic mass is 9.83. The average Bonchev–Trinajstić information content (AvgIpc) is 2.65. The van der Waals surface area contributed by atoms with Gasteiger partial charge in [-0.25, -0.2) is 0 Å². The largest absolute Gasteiger partial charge is 0.460 e. The van der Waals surface area contributed by atoms with Gasteiger partial charge >= 0.3 is 35.8 Å². The monoisotopic (exact) mass is 524 g/mol. The van der Waals surface area contributed by atoms with E-state index in [-0.39, 0.29) is 11.5 Å². The van der Waals surface area contributed by atoms with Crippen molar-refractivity contribution in [1.29, 1.82) is 0 Å². The molecule has 0 saturated carbocycles. The third-order valence-electron chi connectivity index (χ3n) is 5.19. The Bertz CT molecular complexity index is 845. The molecule has 0 bridgehead atoms. The molecule has 0 spiro atoms. The molecule has 0 saturated heterocycles. The van der Waals surface area contributed by atoms with E-state index < -0.39 is 47.8 Å². The van der Waals surface area contributed by atoms with Crippen LogP contribution in [0.2, 0.25) is 0 Å². The van der Waals surface area contributed by atoms with E-state index in [2.05, 4.69) is 0 Å². The van der Waals surface area contributed by atoms with Gasteiger partial charge in [0.25, 0.3) is 0 Å². The Morgan fingerprint density at radius 1 is 0.735 bits per heavy atom. The van der Waals surface area contributed by atoms with Gasteiger partial charge in [-0.15, -0.1) is 0 Å². The van der Waals surface area contributed by atoms with Crippen molar-refractivity contribution in [1.82, 2.24) is 0 Å². The quantitative estimate of drug-likeness (QED) is 0.283. The summed E-state index contributed by atoms with van der Waals surface area (Å²) in [6.45, 7) is 4.26. The van der Waals surface area contributed by atoms with Gasteiger partial charge in [-0.1, -0.05) is 38.1 Å². The molecule has 0 aliphatic carbocycles. The highest BCUT2D eigenvalue weighted by Crippen LogP contribution is 2.61. The van der Waals surface area contributed by atoms with Gasteiger partial charge in [-0.3, -0.25) is 0 Å². The Kier molecular flexibility index (Phi) is 8.06. The lowest BCUT2D eigenvalue weighted by Gasteiger charge is -2.42. The number of hydrogen-bond acceptors (Lipinski definition) is 1. The number of rotatable bonds is 10. The van der Waals surface area contributed by atoms with E-state index >= 15 is 0 Å². The maximum absolute atomic E-state index is 14.4. The van der Waals surface area contributed by atoms with Gasteiger partial charge in [0.1, 0.15) is 0 Å². The van der Waals surface area contributed by atoms with E-state index in [1.165, 1.54) is 18.2 Å². The molecule has 0 aliphatic heterocycles. The maximum atomic E-state index is 14.4. The average molecular weight is 524 g/mol. The van der Waals surface area contributed by atoms with E-state index in [9.17, 15) is 57.1 Å². The zero-order valence-electron chi connectivity index (χ0n) is 18.1. The number of methoxy groups -OCH3 is 1. The molecule has 198 valence electrons. The van der Waals surface area contributed by atoms with E-state index in [0.717, 1.165) is 6.07 Å². The van der Waals surface area contributed by atoms with Crippen LogP contribution in [-0.4, -0.2) is 42.9 Å². The maximum Gasteiger partial charge on any atom is 0.460 e. The number of halogens is 13. The summed E-state index contributed by atoms with van der Waals surface area (Å²) in [5.41, 5.74) is -2.36. The van der Waals surface area contributed by atoms with Crippen LogP contribution in [0.5, 0.6) is 0 Å². The first-order valence-corrected chi connectivity index (χ1v) is 9.51. The molecular formula is C20H21F13O. The molecule has 0 N–H and O–H groups in total. The summed E-state index contributed by atoms with van der Waals surface area (Å²) in [6.07, 6.45) is -9.54. The highest BCUT2D eigenvalue weighted by molar-refractivity contribution is 5.29. The second kappa shape index (κ2) is 9.05. The predicted molar refractivity (Wildman–Crippen MR) is 94.8 cm³/mol. The molecule has 0 radical (unpaired) electrons. The van der Waals surface area contributed by atoms with Crippen molar-refractivity contribution in [2.45, 2.75) is 75.0 Å². The topological polar surface area (TPSA) is 9.23 Å². The third-order valence-corrected chi connectivity index (χ3v) is 5.19. The van der Waals surface area contributed by atoms with E-state index in [0.29, 0.717) is 26.0 Å². The van der Waals surface area contributed by atoms with Crippen LogP contribution in [0, 0.1) is 5.92 Å². The summed E-state index contributed by atoms with van der Waals surface area (Å²) in [6, 6.07) is 5.07. The van der Waals surface area contributed by atoms with Gasteiger partial charge in [0, 0.05) is 7.11 Å². The summed E-state index contributed by atoms with van der Waals surface area (Å²) >= 11 is 0. The van der Waals surface area contributed by atoms with Crippen LogP contribution in [0.4, 0.5) is 57.1 Å². The van der Waals surface area contributed by atoms with Crippen LogP contribution in [0.25, 0.3) is 0 Å². The smallest absolute Gasteiger partial charge is 0.374 e. The van der Waals surface area contributed by atoms with Crippen molar-refractivity contribution in [2.24, 2.45) is 5.92 Å². The second-order valence-corrected chi connectivity index (χ2v) is 8.41. The minimum atomic E-state index is -7.92. The molecule has 14 heteroatoms. The Balaban J connectivity index is 3.51. The Hall–Kier alpha value is -1.73. The van der Waals surface area contributed by atoms with Crippen molar-refractivity contribution < 1.29 is 61.8 Å². The number of ether oxygens (including phenoxy) is 1. The normalized spacial score (nSPS) is 16.6. The molecule has 1 atom stereocenters. The molecule has 1 nitrogen and oxygen atoms in total. The fourth-order valence-corrected chi connectivity index (χ4v) is 3.13. The Morgan fingerprint density at radius 3 is 1.62 bits per heavy atom. The van der Waals surface area contributed by atoms with Crippen LogP contribution in [-0.2, 0) is 16.8 Å². The van der Waals surface area contributed by atoms with Crippen molar-refractivity contribution >= 4 is 0 Å². The highest BCUT2D eigenvalue weighted by Gasteiger charge is 2.90. The minimum absolute atomic E-state index is 0.0334. The molecule has 0 heterocycles. The van der Waals surface area contributed by atoms with Gasteiger partial charge in [0.05, 0.1) is 12.0 Å². The molecule has 0 aromatic heterocycles. The number of benzene rings is 1. The highest BCUT2D eigenvalue weighted by atomic mass is 19.4. The van der Waals surface area contributed by atoms with E-state index in [1.54, 1.807) is 13.8 Å². The summed E-state index contributed by atoms with van der Waals surface area (Å²) in [5, 5.41) is 0. The summed E-state index contributed by atoms with van der Waals surface area (Å²) in [4.78, 5) is 0. The molecule has 1 unspecified atom stereocenters. The third kappa shape index (κ3) is 4.97. The first-order valence-electron chi connectivity index (χ1n) is 9.51.